The van der Waals surface area contributed by atoms with Gasteiger partial charge in [0.2, 0.25) is 0 Å². The van der Waals surface area contributed by atoms with Crippen LogP contribution >= 0.6 is 0 Å². The lowest BCUT2D eigenvalue weighted by Gasteiger charge is -2.15. The molecule has 4 nitrogen and oxygen atoms in total. The minimum atomic E-state index is -1.19. The number of amides is 1. The van der Waals surface area contributed by atoms with Crippen LogP contribution in [0.2, 0.25) is 0 Å². The second-order valence-corrected chi connectivity index (χ2v) is 2.27. The molecule has 0 unspecified atom stereocenters. The maximum Gasteiger partial charge on any atom is 0.405 e. The highest BCUT2D eigenvalue weighted by Gasteiger charge is 2.17. The molecule has 0 aliphatic heterocycles. The molecule has 0 heterocycles. The summed E-state index contributed by atoms with van der Waals surface area (Å²) in [5.74, 6) is 0. The van der Waals surface area contributed by atoms with Gasteiger partial charge in [-0.1, -0.05) is 0 Å². The molecule has 0 fully saturated rings. The van der Waals surface area contributed by atoms with Crippen molar-refractivity contribution in [1.29, 1.82) is 0 Å². The van der Waals surface area contributed by atoms with E-state index < -0.39 is 11.6 Å². The maximum atomic E-state index is 10.0. The Kier molecular flexibility index (Phi) is 2.19. The molecule has 2 N–H and O–H groups in total. The topological polar surface area (TPSA) is 66.4 Å². The minimum absolute atomic E-state index is 0.543. The molecule has 0 aromatic carbocycles. The van der Waals surface area contributed by atoms with Crippen LogP contribution in [0.4, 0.5) is 4.79 Å². The average Bonchev–Trinajstić information content (AvgIpc) is 1.63. The van der Waals surface area contributed by atoms with Crippen LogP contribution < -0.4 is 5.32 Å². The zero-order chi connectivity index (χ0) is 7.49. The Balaban J connectivity index is 3.86. The molecular weight excluding hydrogens is 122 g/mol. The molecule has 0 saturated heterocycles. The number of nitrogens with one attached hydrogen (secondary N) is 1. The van der Waals surface area contributed by atoms with Gasteiger partial charge in [-0.2, -0.15) is 0 Å². The molecule has 0 atom stereocenters. The Morgan fingerprint density at radius 3 is 2.22 bits per heavy atom. The summed E-state index contributed by atoms with van der Waals surface area (Å²) in [4.78, 5) is 19.9. The molecule has 0 spiro atoms. The second kappa shape index (κ2) is 2.48. The van der Waals surface area contributed by atoms with E-state index >= 15 is 0 Å². The smallest absolute Gasteiger partial charge is 0.405 e. The standard InChI is InChI=1S/C5H9NO3/c1-5(2,3-7)6-4(8)9/h3,6H,1-2H3,(H,8,9). The first kappa shape index (κ1) is 7.94. The number of aldehydes is 1. The van der Waals surface area contributed by atoms with Crippen molar-refractivity contribution in [3.63, 3.8) is 0 Å². The van der Waals surface area contributed by atoms with E-state index in [1.54, 1.807) is 0 Å². The molecule has 9 heavy (non-hydrogen) atoms. The SMILES string of the molecule is CC(C)(C=O)NC(=O)O. The first-order valence-corrected chi connectivity index (χ1v) is 2.45. The van der Waals surface area contributed by atoms with E-state index in [1.165, 1.54) is 13.8 Å². The Labute approximate surface area is 52.9 Å². The van der Waals surface area contributed by atoms with Crippen molar-refractivity contribution in [2.75, 3.05) is 0 Å². The number of rotatable bonds is 2. The van der Waals surface area contributed by atoms with Crippen molar-refractivity contribution in [3.05, 3.63) is 0 Å². The summed E-state index contributed by atoms with van der Waals surface area (Å²) in [6.07, 6.45) is -0.645. The molecular formula is C5H9NO3. The molecule has 1 amide bonds. The van der Waals surface area contributed by atoms with E-state index in [0.717, 1.165) is 0 Å². The number of carboxylic acid groups (broad SMARTS) is 1. The molecule has 0 aliphatic carbocycles. The molecule has 52 valence electrons. The maximum absolute atomic E-state index is 10.0. The zero-order valence-corrected chi connectivity index (χ0v) is 5.34. The molecule has 0 saturated carbocycles. The first-order chi connectivity index (χ1) is 3.98. The highest BCUT2D eigenvalue weighted by molar-refractivity contribution is 5.74. The summed E-state index contributed by atoms with van der Waals surface area (Å²) >= 11 is 0. The molecule has 0 aromatic rings. The van der Waals surface area contributed by atoms with Crippen LogP contribution in [0.1, 0.15) is 13.8 Å². The molecule has 0 rings (SSSR count). The van der Waals surface area contributed by atoms with Gasteiger partial charge in [-0.25, -0.2) is 4.79 Å². The van der Waals surface area contributed by atoms with Crippen LogP contribution in [0.5, 0.6) is 0 Å². The fraction of sp³-hybridized carbons (Fsp3) is 0.600. The second-order valence-electron chi connectivity index (χ2n) is 2.27. The molecule has 0 radical (unpaired) electrons. The monoisotopic (exact) mass is 131 g/mol. The Hall–Kier alpha value is -1.06. The number of hydrogen-bond acceptors (Lipinski definition) is 2. The van der Waals surface area contributed by atoms with Crippen LogP contribution in [0.15, 0.2) is 0 Å². The van der Waals surface area contributed by atoms with Gasteiger partial charge in [0, 0.05) is 0 Å². The van der Waals surface area contributed by atoms with Gasteiger partial charge < -0.3 is 15.2 Å². The third kappa shape index (κ3) is 3.52. The molecule has 0 aliphatic rings. The van der Waals surface area contributed by atoms with Crippen molar-refractivity contribution in [1.82, 2.24) is 5.32 Å². The predicted octanol–water partition coefficient (Wildman–Crippen LogP) is 0.232. The van der Waals surface area contributed by atoms with Crippen LogP contribution in [-0.2, 0) is 4.79 Å². The van der Waals surface area contributed by atoms with E-state index in [-0.39, 0.29) is 0 Å². The summed E-state index contributed by atoms with van der Waals surface area (Å²) in [7, 11) is 0. The van der Waals surface area contributed by atoms with Crippen LogP contribution in [-0.4, -0.2) is 23.0 Å². The van der Waals surface area contributed by atoms with Crippen LogP contribution in [0.25, 0.3) is 0 Å². The van der Waals surface area contributed by atoms with Gasteiger partial charge in [-0.15, -0.1) is 0 Å². The van der Waals surface area contributed by atoms with Gasteiger partial charge in [-0.3, -0.25) is 0 Å². The summed E-state index contributed by atoms with van der Waals surface area (Å²) in [6, 6.07) is 0. The van der Waals surface area contributed by atoms with Gasteiger partial charge in [0.05, 0.1) is 5.54 Å². The van der Waals surface area contributed by atoms with Crippen LogP contribution in [0.3, 0.4) is 0 Å². The van der Waals surface area contributed by atoms with E-state index in [4.69, 9.17) is 5.11 Å². The van der Waals surface area contributed by atoms with Gasteiger partial charge in [0.1, 0.15) is 6.29 Å². The normalized spacial score (nSPS) is 10.4. The first-order valence-electron chi connectivity index (χ1n) is 2.45. The Morgan fingerprint density at radius 1 is 1.67 bits per heavy atom. The van der Waals surface area contributed by atoms with E-state index in [1.807, 2.05) is 5.32 Å². The highest BCUT2D eigenvalue weighted by atomic mass is 16.4. The van der Waals surface area contributed by atoms with Gasteiger partial charge in [0.25, 0.3) is 0 Å². The minimum Gasteiger partial charge on any atom is -0.465 e. The zero-order valence-electron chi connectivity index (χ0n) is 5.34. The summed E-state index contributed by atoms with van der Waals surface area (Å²) in [5.41, 5.74) is -0.966. The lowest BCUT2D eigenvalue weighted by molar-refractivity contribution is -0.112. The van der Waals surface area contributed by atoms with E-state index in [0.29, 0.717) is 6.29 Å². The molecule has 0 aromatic heterocycles. The quantitative estimate of drug-likeness (QED) is 0.527. The third-order valence-electron chi connectivity index (χ3n) is 0.724. The fourth-order valence-corrected chi connectivity index (χ4v) is 0.305. The highest BCUT2D eigenvalue weighted by Crippen LogP contribution is 1.94. The predicted molar refractivity (Wildman–Crippen MR) is 31.3 cm³/mol. The summed E-state index contributed by atoms with van der Waals surface area (Å²) in [6.45, 7) is 2.96. The Morgan fingerprint density at radius 2 is 2.11 bits per heavy atom. The van der Waals surface area contributed by atoms with Crippen molar-refractivity contribution < 1.29 is 14.7 Å². The van der Waals surface area contributed by atoms with Gasteiger partial charge in [0.15, 0.2) is 0 Å². The van der Waals surface area contributed by atoms with Crippen molar-refractivity contribution in [2.45, 2.75) is 19.4 Å². The van der Waals surface area contributed by atoms with Crippen LogP contribution in [0, 0.1) is 0 Å². The third-order valence-corrected chi connectivity index (χ3v) is 0.724. The largest absolute Gasteiger partial charge is 0.465 e. The number of hydrogen-bond donors (Lipinski definition) is 2. The van der Waals surface area contributed by atoms with E-state index in [9.17, 15) is 9.59 Å². The van der Waals surface area contributed by atoms with E-state index in [2.05, 4.69) is 0 Å². The average molecular weight is 131 g/mol. The van der Waals surface area contributed by atoms with Gasteiger partial charge >= 0.3 is 6.09 Å². The summed E-state index contributed by atoms with van der Waals surface area (Å²) < 4.78 is 0. The number of carbonyl (C=O) groups excluding carboxylic acids is 1. The Bertz CT molecular complexity index is 130. The lowest BCUT2D eigenvalue weighted by atomic mass is 10.1. The number of carbonyl (C=O) groups is 2. The lowest BCUT2D eigenvalue weighted by Crippen LogP contribution is -2.43. The van der Waals surface area contributed by atoms with Crippen molar-refractivity contribution >= 4 is 12.4 Å². The fourth-order valence-electron chi connectivity index (χ4n) is 0.305. The summed E-state index contributed by atoms with van der Waals surface area (Å²) in [5, 5.41) is 10.1. The molecule has 4 heteroatoms. The van der Waals surface area contributed by atoms with Crippen molar-refractivity contribution in [3.8, 4) is 0 Å². The molecule has 0 bridgehead atoms. The van der Waals surface area contributed by atoms with Gasteiger partial charge in [-0.05, 0) is 13.8 Å². The van der Waals surface area contributed by atoms with Crippen molar-refractivity contribution in [2.24, 2.45) is 0 Å².